The zero-order valence-electron chi connectivity index (χ0n) is 9.01. The minimum Gasteiger partial charge on any atom is -0.467 e. The molecule has 1 saturated heterocycles. The normalized spacial score (nSPS) is 18.5. The number of rotatable bonds is 2. The van der Waals surface area contributed by atoms with E-state index < -0.39 is 0 Å². The number of nitrogens with zero attached hydrogens (tertiary/aromatic N) is 2. The lowest BCUT2D eigenvalue weighted by molar-refractivity contribution is -0.143. The molecule has 1 fully saturated rings. The van der Waals surface area contributed by atoms with E-state index >= 15 is 0 Å². The van der Waals surface area contributed by atoms with Crippen LogP contribution in [0.5, 0.6) is 0 Å². The van der Waals surface area contributed by atoms with Crippen LogP contribution in [-0.2, 0) is 9.53 Å². The molecule has 0 saturated carbocycles. The second kappa shape index (κ2) is 4.23. The van der Waals surface area contributed by atoms with Gasteiger partial charge in [-0.3, -0.25) is 0 Å². The van der Waals surface area contributed by atoms with Crippen molar-refractivity contribution in [2.75, 3.05) is 18.6 Å². The maximum atomic E-state index is 11.4. The largest absolute Gasteiger partial charge is 0.467 e. The van der Waals surface area contributed by atoms with Crippen LogP contribution in [0.4, 0.5) is 5.69 Å². The lowest BCUT2D eigenvalue weighted by atomic mass is 10.0. The molecule has 0 amide bonds. The Kier molecular flexibility index (Phi) is 2.78. The number of hydrogen-bond acceptors (Lipinski definition) is 4. The molecule has 0 spiro atoms. The monoisotopic (exact) mass is 216 g/mol. The van der Waals surface area contributed by atoms with Gasteiger partial charge in [0.1, 0.15) is 6.04 Å². The van der Waals surface area contributed by atoms with E-state index in [0.717, 1.165) is 18.7 Å². The highest BCUT2D eigenvalue weighted by Crippen LogP contribution is 2.27. The summed E-state index contributed by atoms with van der Waals surface area (Å²) in [6.45, 7) is 0.828. The molecule has 16 heavy (non-hydrogen) atoms. The number of nitriles is 1. The molecule has 1 aliphatic heterocycles. The third kappa shape index (κ3) is 1.72. The van der Waals surface area contributed by atoms with Crippen molar-refractivity contribution >= 4 is 11.7 Å². The number of hydrogen-bond donors (Lipinski definition) is 0. The van der Waals surface area contributed by atoms with Gasteiger partial charge in [0.25, 0.3) is 0 Å². The van der Waals surface area contributed by atoms with Gasteiger partial charge in [0.05, 0.1) is 18.7 Å². The quantitative estimate of drug-likeness (QED) is 0.699. The standard InChI is InChI=1S/C12H12N2O2/c1-16-12(15)11-5-6-14(11)10-4-2-3-9(7-10)8-13/h2-4,7,11H,5-6H2,1H3. The molecule has 1 heterocycles. The Bertz CT molecular complexity index is 451. The molecule has 0 bridgehead atoms. The summed E-state index contributed by atoms with van der Waals surface area (Å²) in [5, 5.41) is 8.80. The van der Waals surface area contributed by atoms with Crippen LogP contribution in [0.1, 0.15) is 12.0 Å². The highest BCUT2D eigenvalue weighted by atomic mass is 16.5. The van der Waals surface area contributed by atoms with Gasteiger partial charge in [-0.25, -0.2) is 4.79 Å². The van der Waals surface area contributed by atoms with Crippen LogP contribution in [0.15, 0.2) is 24.3 Å². The zero-order valence-corrected chi connectivity index (χ0v) is 9.01. The second-order valence-electron chi connectivity index (χ2n) is 3.68. The molecule has 0 N–H and O–H groups in total. The van der Waals surface area contributed by atoms with E-state index in [4.69, 9.17) is 10.00 Å². The van der Waals surface area contributed by atoms with Gasteiger partial charge < -0.3 is 9.64 Å². The fraction of sp³-hybridized carbons (Fsp3) is 0.333. The molecule has 1 aromatic carbocycles. The number of esters is 1. The Morgan fingerprint density at radius 1 is 1.62 bits per heavy atom. The predicted molar refractivity (Wildman–Crippen MR) is 58.9 cm³/mol. The first-order chi connectivity index (χ1) is 7.76. The van der Waals surface area contributed by atoms with E-state index in [1.165, 1.54) is 7.11 Å². The lowest BCUT2D eigenvalue weighted by Gasteiger charge is -2.40. The molecule has 4 heteroatoms. The molecule has 1 unspecified atom stereocenters. The van der Waals surface area contributed by atoms with Crippen LogP contribution in [0.25, 0.3) is 0 Å². The minimum absolute atomic E-state index is 0.195. The van der Waals surface area contributed by atoms with Gasteiger partial charge >= 0.3 is 5.97 Å². The molecule has 0 radical (unpaired) electrons. The first kappa shape index (κ1) is 10.5. The molecule has 0 aromatic heterocycles. The second-order valence-corrected chi connectivity index (χ2v) is 3.68. The first-order valence-electron chi connectivity index (χ1n) is 5.11. The van der Waals surface area contributed by atoms with Gasteiger partial charge in [-0.2, -0.15) is 5.26 Å². The molecule has 1 aliphatic rings. The van der Waals surface area contributed by atoms with E-state index in [1.807, 2.05) is 17.0 Å². The van der Waals surface area contributed by atoms with Gasteiger partial charge in [0.15, 0.2) is 0 Å². The van der Waals surface area contributed by atoms with Gasteiger partial charge in [-0.15, -0.1) is 0 Å². The number of ether oxygens (including phenoxy) is 1. The van der Waals surface area contributed by atoms with Crippen LogP contribution < -0.4 is 4.90 Å². The Morgan fingerprint density at radius 2 is 2.44 bits per heavy atom. The summed E-state index contributed by atoms with van der Waals surface area (Å²) in [6.07, 6.45) is 0.809. The molecular weight excluding hydrogens is 204 g/mol. The predicted octanol–water partition coefficient (Wildman–Crippen LogP) is 1.31. The Balaban J connectivity index is 2.19. The highest BCUT2D eigenvalue weighted by molar-refractivity contribution is 5.82. The van der Waals surface area contributed by atoms with Gasteiger partial charge in [0, 0.05) is 12.2 Å². The molecule has 4 nitrogen and oxygen atoms in total. The average molecular weight is 216 g/mol. The van der Waals surface area contributed by atoms with Crippen LogP contribution in [0, 0.1) is 11.3 Å². The summed E-state index contributed by atoms with van der Waals surface area (Å²) in [5.74, 6) is -0.214. The van der Waals surface area contributed by atoms with Gasteiger partial charge in [-0.05, 0) is 24.6 Å². The van der Waals surface area contributed by atoms with Crippen molar-refractivity contribution in [2.24, 2.45) is 0 Å². The van der Waals surface area contributed by atoms with Crippen LogP contribution >= 0.6 is 0 Å². The topological polar surface area (TPSA) is 53.3 Å². The molecule has 82 valence electrons. The van der Waals surface area contributed by atoms with Crippen molar-refractivity contribution in [2.45, 2.75) is 12.5 Å². The smallest absolute Gasteiger partial charge is 0.328 e. The summed E-state index contributed by atoms with van der Waals surface area (Å²) in [6, 6.07) is 9.14. The van der Waals surface area contributed by atoms with Crippen molar-refractivity contribution in [1.29, 1.82) is 5.26 Å². The SMILES string of the molecule is COC(=O)C1CCN1c1cccc(C#N)c1. The van der Waals surface area contributed by atoms with E-state index in [-0.39, 0.29) is 12.0 Å². The fourth-order valence-corrected chi connectivity index (χ4v) is 1.83. The molecule has 2 rings (SSSR count). The van der Waals surface area contributed by atoms with Crippen molar-refractivity contribution in [3.8, 4) is 6.07 Å². The van der Waals surface area contributed by atoms with Crippen LogP contribution in [0.2, 0.25) is 0 Å². The number of benzene rings is 1. The Hall–Kier alpha value is -2.02. The van der Waals surface area contributed by atoms with E-state index in [0.29, 0.717) is 5.56 Å². The number of carbonyl (C=O) groups excluding carboxylic acids is 1. The number of carbonyl (C=O) groups is 1. The first-order valence-corrected chi connectivity index (χ1v) is 5.11. The lowest BCUT2D eigenvalue weighted by Crippen LogP contribution is -2.53. The van der Waals surface area contributed by atoms with E-state index in [2.05, 4.69) is 6.07 Å². The summed E-state index contributed by atoms with van der Waals surface area (Å²) < 4.78 is 4.72. The molecule has 1 atom stereocenters. The summed E-state index contributed by atoms with van der Waals surface area (Å²) in [7, 11) is 1.39. The summed E-state index contributed by atoms with van der Waals surface area (Å²) in [5.41, 5.74) is 1.51. The third-order valence-electron chi connectivity index (χ3n) is 2.80. The fourth-order valence-electron chi connectivity index (χ4n) is 1.83. The number of methoxy groups -OCH3 is 1. The van der Waals surface area contributed by atoms with Crippen molar-refractivity contribution in [3.05, 3.63) is 29.8 Å². The third-order valence-corrected chi connectivity index (χ3v) is 2.80. The van der Waals surface area contributed by atoms with Crippen LogP contribution in [-0.4, -0.2) is 25.7 Å². The van der Waals surface area contributed by atoms with Gasteiger partial charge in [0.2, 0.25) is 0 Å². The maximum absolute atomic E-state index is 11.4. The summed E-state index contributed by atoms with van der Waals surface area (Å²) >= 11 is 0. The van der Waals surface area contributed by atoms with Crippen LogP contribution in [0.3, 0.4) is 0 Å². The van der Waals surface area contributed by atoms with Crippen molar-refractivity contribution in [3.63, 3.8) is 0 Å². The number of anilines is 1. The minimum atomic E-state index is -0.214. The van der Waals surface area contributed by atoms with E-state index in [1.54, 1.807) is 12.1 Å². The Morgan fingerprint density at radius 3 is 3.00 bits per heavy atom. The average Bonchev–Trinajstić information content (AvgIpc) is 2.27. The highest BCUT2D eigenvalue weighted by Gasteiger charge is 2.35. The molecule has 0 aliphatic carbocycles. The Labute approximate surface area is 94.0 Å². The van der Waals surface area contributed by atoms with Crippen molar-refractivity contribution < 1.29 is 9.53 Å². The molecular formula is C12H12N2O2. The molecule has 1 aromatic rings. The van der Waals surface area contributed by atoms with E-state index in [9.17, 15) is 4.79 Å². The summed E-state index contributed by atoms with van der Waals surface area (Å²) in [4.78, 5) is 13.4. The maximum Gasteiger partial charge on any atom is 0.328 e. The van der Waals surface area contributed by atoms with Crippen molar-refractivity contribution in [1.82, 2.24) is 0 Å². The van der Waals surface area contributed by atoms with Gasteiger partial charge in [-0.1, -0.05) is 6.07 Å². The zero-order chi connectivity index (χ0) is 11.5.